The van der Waals surface area contributed by atoms with E-state index in [0.29, 0.717) is 5.02 Å². The molecule has 104 valence electrons. The maximum atomic E-state index is 11.4. The minimum absolute atomic E-state index is 0.136. The van der Waals surface area contributed by atoms with E-state index in [2.05, 4.69) is 0 Å². The standard InChI is InChI=1S/C11H14ClNO.2C2H6/c1-8(14)11(13(2)3)9-4-6-10(12)7-5-9;2*1-2/h4-7,11H,1-3H3;2*1-2H3. The lowest BCUT2D eigenvalue weighted by Crippen LogP contribution is -2.25. The summed E-state index contributed by atoms with van der Waals surface area (Å²) in [6.07, 6.45) is 0. The van der Waals surface area contributed by atoms with Gasteiger partial charge in [-0.1, -0.05) is 51.4 Å². The summed E-state index contributed by atoms with van der Waals surface area (Å²) in [5.74, 6) is 0.136. The van der Waals surface area contributed by atoms with Gasteiger partial charge in [0, 0.05) is 5.02 Å². The lowest BCUT2D eigenvalue weighted by atomic mass is 10.0. The summed E-state index contributed by atoms with van der Waals surface area (Å²) >= 11 is 5.78. The first kappa shape index (κ1) is 19.5. The molecular weight excluding hydrogens is 246 g/mol. The van der Waals surface area contributed by atoms with Crippen molar-refractivity contribution in [2.45, 2.75) is 40.7 Å². The third-order valence-corrected chi connectivity index (χ3v) is 2.34. The second kappa shape index (κ2) is 11.2. The Morgan fingerprint density at radius 1 is 1.06 bits per heavy atom. The molecule has 3 heteroatoms. The average molecular weight is 272 g/mol. The number of hydrogen-bond donors (Lipinski definition) is 0. The van der Waals surface area contributed by atoms with E-state index in [1.165, 1.54) is 0 Å². The van der Waals surface area contributed by atoms with E-state index in [-0.39, 0.29) is 11.8 Å². The molecule has 0 fully saturated rings. The molecule has 0 saturated heterocycles. The van der Waals surface area contributed by atoms with Crippen LogP contribution in [0.15, 0.2) is 24.3 Å². The predicted octanol–water partition coefficient (Wildman–Crippen LogP) is 4.58. The molecule has 0 N–H and O–H groups in total. The molecule has 2 nitrogen and oxygen atoms in total. The smallest absolute Gasteiger partial charge is 0.151 e. The van der Waals surface area contributed by atoms with Crippen LogP contribution in [0.25, 0.3) is 0 Å². The van der Waals surface area contributed by atoms with Crippen LogP contribution in [0, 0.1) is 0 Å². The Hall–Kier alpha value is -0.860. The Bertz CT molecular complexity index is 320. The summed E-state index contributed by atoms with van der Waals surface area (Å²) in [6, 6.07) is 7.20. The predicted molar refractivity (Wildman–Crippen MR) is 81.3 cm³/mol. The van der Waals surface area contributed by atoms with Crippen LogP contribution in [0.5, 0.6) is 0 Å². The highest BCUT2D eigenvalue weighted by molar-refractivity contribution is 6.30. The maximum absolute atomic E-state index is 11.4. The molecule has 1 unspecified atom stereocenters. The van der Waals surface area contributed by atoms with Gasteiger partial charge in [-0.3, -0.25) is 9.69 Å². The highest BCUT2D eigenvalue weighted by Crippen LogP contribution is 2.20. The first-order valence-corrected chi connectivity index (χ1v) is 6.82. The fourth-order valence-corrected chi connectivity index (χ4v) is 1.67. The van der Waals surface area contributed by atoms with Gasteiger partial charge in [0.2, 0.25) is 0 Å². The van der Waals surface area contributed by atoms with E-state index in [1.54, 1.807) is 19.1 Å². The molecule has 0 bridgehead atoms. The fourth-order valence-electron chi connectivity index (χ4n) is 1.54. The van der Waals surface area contributed by atoms with Crippen molar-refractivity contribution in [3.05, 3.63) is 34.9 Å². The molecule has 0 heterocycles. The third-order valence-electron chi connectivity index (χ3n) is 2.09. The Labute approximate surface area is 117 Å². The van der Waals surface area contributed by atoms with Gasteiger partial charge >= 0.3 is 0 Å². The number of carbonyl (C=O) groups is 1. The minimum Gasteiger partial charge on any atom is -0.298 e. The molecule has 0 saturated carbocycles. The van der Waals surface area contributed by atoms with Crippen LogP contribution in [0.4, 0.5) is 0 Å². The minimum atomic E-state index is -0.174. The van der Waals surface area contributed by atoms with Gasteiger partial charge in [-0.15, -0.1) is 0 Å². The number of nitrogens with zero attached hydrogens (tertiary/aromatic N) is 1. The van der Waals surface area contributed by atoms with Crippen LogP contribution in [0.3, 0.4) is 0 Å². The third kappa shape index (κ3) is 6.77. The molecule has 0 aromatic heterocycles. The molecule has 0 aliphatic carbocycles. The van der Waals surface area contributed by atoms with Crippen LogP contribution < -0.4 is 0 Å². The first-order valence-electron chi connectivity index (χ1n) is 6.44. The van der Waals surface area contributed by atoms with Crippen molar-refractivity contribution in [3.8, 4) is 0 Å². The van der Waals surface area contributed by atoms with E-state index in [0.717, 1.165) is 5.56 Å². The number of carbonyl (C=O) groups excluding carboxylic acids is 1. The summed E-state index contributed by atoms with van der Waals surface area (Å²) in [4.78, 5) is 13.3. The number of Topliss-reactive ketones (excluding diaryl/α,β-unsaturated/α-hetero) is 1. The van der Waals surface area contributed by atoms with Crippen LogP contribution in [0.2, 0.25) is 5.02 Å². The second-order valence-corrected chi connectivity index (χ2v) is 3.96. The van der Waals surface area contributed by atoms with Crippen LogP contribution in [0.1, 0.15) is 46.2 Å². The fraction of sp³-hybridized carbons (Fsp3) is 0.533. The lowest BCUT2D eigenvalue weighted by molar-refractivity contribution is -0.121. The molecule has 0 amide bonds. The summed E-state index contributed by atoms with van der Waals surface area (Å²) in [5, 5.41) is 0.690. The molecular formula is C15H26ClNO. The number of benzene rings is 1. The normalized spacial score (nSPS) is 10.7. The second-order valence-electron chi connectivity index (χ2n) is 3.53. The molecule has 0 spiro atoms. The maximum Gasteiger partial charge on any atom is 0.151 e. The van der Waals surface area contributed by atoms with Gasteiger partial charge in [-0.2, -0.15) is 0 Å². The number of ketones is 1. The zero-order valence-electron chi connectivity index (χ0n) is 12.6. The van der Waals surface area contributed by atoms with E-state index < -0.39 is 0 Å². The summed E-state index contributed by atoms with van der Waals surface area (Å²) in [7, 11) is 3.78. The van der Waals surface area contributed by atoms with Crippen molar-refractivity contribution in [2.75, 3.05) is 14.1 Å². The van der Waals surface area contributed by atoms with Gasteiger partial charge in [-0.25, -0.2) is 0 Å². The van der Waals surface area contributed by atoms with Crippen molar-refractivity contribution >= 4 is 17.4 Å². The topological polar surface area (TPSA) is 20.3 Å². The van der Waals surface area contributed by atoms with Crippen LogP contribution in [-0.4, -0.2) is 24.8 Å². The largest absolute Gasteiger partial charge is 0.298 e. The Morgan fingerprint density at radius 2 is 1.44 bits per heavy atom. The molecule has 1 atom stereocenters. The highest BCUT2D eigenvalue weighted by atomic mass is 35.5. The molecule has 0 aliphatic rings. The van der Waals surface area contributed by atoms with E-state index in [9.17, 15) is 4.79 Å². The zero-order chi connectivity index (χ0) is 14.7. The Kier molecular flexibility index (Phi) is 12.2. The SMILES string of the molecule is CC.CC.CC(=O)C(c1ccc(Cl)cc1)N(C)C. The first-order chi connectivity index (χ1) is 8.52. The van der Waals surface area contributed by atoms with E-state index >= 15 is 0 Å². The lowest BCUT2D eigenvalue weighted by Gasteiger charge is -2.21. The molecule has 0 radical (unpaired) electrons. The van der Waals surface area contributed by atoms with Gasteiger partial charge in [0.05, 0.1) is 6.04 Å². The highest BCUT2D eigenvalue weighted by Gasteiger charge is 2.18. The van der Waals surface area contributed by atoms with Gasteiger partial charge in [-0.05, 0) is 38.7 Å². The van der Waals surface area contributed by atoms with Gasteiger partial charge in [0.15, 0.2) is 5.78 Å². The van der Waals surface area contributed by atoms with Crippen LogP contribution >= 0.6 is 11.6 Å². The van der Waals surface area contributed by atoms with Gasteiger partial charge in [0.1, 0.15) is 0 Å². The summed E-state index contributed by atoms with van der Waals surface area (Å²) in [5.41, 5.74) is 0.979. The number of rotatable bonds is 3. The zero-order valence-corrected chi connectivity index (χ0v) is 13.4. The quantitative estimate of drug-likeness (QED) is 0.802. The van der Waals surface area contributed by atoms with E-state index in [1.807, 2.05) is 58.8 Å². The van der Waals surface area contributed by atoms with E-state index in [4.69, 9.17) is 11.6 Å². The van der Waals surface area contributed by atoms with Gasteiger partial charge < -0.3 is 0 Å². The van der Waals surface area contributed by atoms with Crippen molar-refractivity contribution < 1.29 is 4.79 Å². The molecule has 1 rings (SSSR count). The van der Waals surface area contributed by atoms with Gasteiger partial charge in [0.25, 0.3) is 0 Å². The van der Waals surface area contributed by atoms with Crippen molar-refractivity contribution in [2.24, 2.45) is 0 Å². The molecule has 1 aromatic carbocycles. The molecule has 18 heavy (non-hydrogen) atoms. The summed E-state index contributed by atoms with van der Waals surface area (Å²) in [6.45, 7) is 9.60. The number of halogens is 1. The number of likely N-dealkylation sites (N-methyl/N-ethyl adjacent to an activating group) is 1. The van der Waals surface area contributed by atoms with Crippen LogP contribution in [-0.2, 0) is 4.79 Å². The molecule has 1 aromatic rings. The average Bonchev–Trinajstić information content (AvgIpc) is 2.36. The summed E-state index contributed by atoms with van der Waals surface area (Å²) < 4.78 is 0. The van der Waals surface area contributed by atoms with Crippen molar-refractivity contribution in [1.29, 1.82) is 0 Å². The Morgan fingerprint density at radius 3 is 1.72 bits per heavy atom. The monoisotopic (exact) mass is 271 g/mol. The molecule has 0 aliphatic heterocycles. The van der Waals surface area contributed by atoms with Crippen molar-refractivity contribution in [1.82, 2.24) is 4.90 Å². The number of hydrogen-bond acceptors (Lipinski definition) is 2. The van der Waals surface area contributed by atoms with Crippen molar-refractivity contribution in [3.63, 3.8) is 0 Å². The Balaban J connectivity index is 0.